The zero-order valence-electron chi connectivity index (χ0n) is 11.3. The van der Waals surface area contributed by atoms with Crippen molar-refractivity contribution in [3.05, 3.63) is 45.9 Å². The maximum atomic E-state index is 12.4. The number of aromatic nitrogens is 1. The van der Waals surface area contributed by atoms with Crippen molar-refractivity contribution in [3.63, 3.8) is 0 Å². The third-order valence-corrected chi connectivity index (χ3v) is 5.68. The number of pyridine rings is 1. The summed E-state index contributed by atoms with van der Waals surface area (Å²) in [6.07, 6.45) is 0. The van der Waals surface area contributed by atoms with Crippen LogP contribution in [0, 0.1) is 6.92 Å². The highest BCUT2D eigenvalue weighted by molar-refractivity contribution is 7.89. The average Bonchev–Trinajstić information content (AvgIpc) is 2.88. The topological polar surface area (TPSA) is 70.5 Å². The first-order chi connectivity index (χ1) is 9.43. The fourth-order valence-electron chi connectivity index (χ4n) is 1.76. The van der Waals surface area contributed by atoms with Gasteiger partial charge in [-0.3, -0.25) is 4.98 Å². The summed E-state index contributed by atoms with van der Waals surface area (Å²) in [6.45, 7) is 1.93. The second-order valence-electron chi connectivity index (χ2n) is 4.44. The molecule has 0 fully saturated rings. The minimum atomic E-state index is -3.55. The van der Waals surface area contributed by atoms with Gasteiger partial charge in [-0.05, 0) is 25.1 Å². The Hall–Kier alpha value is -1.28. The molecule has 0 aliphatic rings. The second kappa shape index (κ2) is 6.01. The van der Waals surface area contributed by atoms with Gasteiger partial charge in [0.1, 0.15) is 0 Å². The van der Waals surface area contributed by atoms with Crippen LogP contribution in [0.15, 0.2) is 34.5 Å². The van der Waals surface area contributed by atoms with Crippen molar-refractivity contribution >= 4 is 21.4 Å². The molecule has 0 amide bonds. The maximum absolute atomic E-state index is 12.4. The van der Waals surface area contributed by atoms with Crippen LogP contribution in [0.2, 0.25) is 0 Å². The largest absolute Gasteiger partial charge is 0.391 e. The number of aliphatic hydroxyl groups excluding tert-OH is 1. The number of sulfonamides is 1. The molecule has 0 saturated heterocycles. The molecule has 2 aromatic rings. The van der Waals surface area contributed by atoms with Gasteiger partial charge in [0.25, 0.3) is 0 Å². The zero-order chi connectivity index (χ0) is 14.8. The first-order valence-corrected chi connectivity index (χ1v) is 8.32. The second-order valence-corrected chi connectivity index (χ2v) is 7.48. The van der Waals surface area contributed by atoms with Crippen LogP contribution < -0.4 is 0 Å². The van der Waals surface area contributed by atoms with Crippen molar-refractivity contribution in [1.29, 1.82) is 0 Å². The van der Waals surface area contributed by atoms with Gasteiger partial charge in [-0.15, -0.1) is 11.3 Å². The number of hydrogen-bond donors (Lipinski definition) is 1. The predicted molar refractivity (Wildman–Crippen MR) is 77.9 cm³/mol. The molecule has 2 heterocycles. The van der Waals surface area contributed by atoms with Crippen molar-refractivity contribution in [2.24, 2.45) is 0 Å². The van der Waals surface area contributed by atoms with Crippen molar-refractivity contribution in [3.8, 4) is 0 Å². The third-order valence-electron chi connectivity index (χ3n) is 2.82. The van der Waals surface area contributed by atoms with E-state index in [2.05, 4.69) is 4.98 Å². The standard InChI is InChI=1S/C13H16N2O3S2/c1-10-4-3-5-11(14-10)7-15(2)20(17,18)13-6-12(8-16)19-9-13/h3-6,9,16H,7-8H2,1-2H3. The van der Waals surface area contributed by atoms with E-state index < -0.39 is 10.0 Å². The molecule has 7 heteroatoms. The number of aryl methyl sites for hydroxylation is 1. The summed E-state index contributed by atoms with van der Waals surface area (Å²) in [6, 6.07) is 7.02. The molecule has 5 nitrogen and oxygen atoms in total. The third kappa shape index (κ3) is 3.24. The van der Waals surface area contributed by atoms with Crippen molar-refractivity contribution in [2.75, 3.05) is 7.05 Å². The van der Waals surface area contributed by atoms with Gasteiger partial charge in [0.15, 0.2) is 0 Å². The summed E-state index contributed by atoms with van der Waals surface area (Å²) in [4.78, 5) is 5.14. The minimum absolute atomic E-state index is 0.149. The molecular weight excluding hydrogens is 296 g/mol. The molecule has 0 saturated carbocycles. The van der Waals surface area contributed by atoms with Crippen LogP contribution in [0.5, 0.6) is 0 Å². The van der Waals surface area contributed by atoms with E-state index in [1.54, 1.807) is 11.4 Å². The molecule has 108 valence electrons. The molecule has 0 bridgehead atoms. The van der Waals surface area contributed by atoms with Crippen LogP contribution in [0.4, 0.5) is 0 Å². The van der Waals surface area contributed by atoms with Gasteiger partial charge in [-0.2, -0.15) is 4.31 Å². The summed E-state index contributed by atoms with van der Waals surface area (Å²) in [5.74, 6) is 0. The number of nitrogens with zero attached hydrogens (tertiary/aromatic N) is 2. The van der Waals surface area contributed by atoms with Crippen molar-refractivity contribution in [1.82, 2.24) is 9.29 Å². The Morgan fingerprint density at radius 3 is 2.75 bits per heavy atom. The van der Waals surface area contributed by atoms with Gasteiger partial charge in [0.05, 0.1) is 23.7 Å². The summed E-state index contributed by atoms with van der Waals surface area (Å²) in [7, 11) is -2.02. The zero-order valence-corrected chi connectivity index (χ0v) is 12.9. The van der Waals surface area contributed by atoms with Crippen LogP contribution in [0.3, 0.4) is 0 Å². The average molecular weight is 312 g/mol. The van der Waals surface area contributed by atoms with Gasteiger partial charge >= 0.3 is 0 Å². The summed E-state index contributed by atoms with van der Waals surface area (Å²) in [5, 5.41) is 10.6. The molecule has 2 rings (SSSR count). The van der Waals surface area contributed by atoms with E-state index in [-0.39, 0.29) is 18.0 Å². The molecule has 0 spiro atoms. The Morgan fingerprint density at radius 2 is 2.15 bits per heavy atom. The highest BCUT2D eigenvalue weighted by atomic mass is 32.2. The number of hydrogen-bond acceptors (Lipinski definition) is 5. The number of rotatable bonds is 5. The summed E-state index contributed by atoms with van der Waals surface area (Å²) >= 11 is 1.23. The molecular formula is C13H16N2O3S2. The Morgan fingerprint density at radius 1 is 1.40 bits per heavy atom. The van der Waals surface area contributed by atoms with Gasteiger partial charge in [-0.25, -0.2) is 8.42 Å². The lowest BCUT2D eigenvalue weighted by Crippen LogP contribution is -2.26. The van der Waals surface area contributed by atoms with E-state index in [1.807, 2.05) is 19.1 Å². The fraction of sp³-hybridized carbons (Fsp3) is 0.308. The first kappa shape index (κ1) is 15.1. The highest BCUT2D eigenvalue weighted by Crippen LogP contribution is 2.22. The summed E-state index contributed by atoms with van der Waals surface area (Å²) < 4.78 is 26.0. The fourth-order valence-corrected chi connectivity index (χ4v) is 4.02. The molecule has 2 aromatic heterocycles. The predicted octanol–water partition coefficient (Wildman–Crippen LogP) is 1.76. The lowest BCUT2D eigenvalue weighted by Gasteiger charge is -2.16. The molecule has 0 aliphatic carbocycles. The van der Waals surface area contributed by atoms with E-state index in [1.165, 1.54) is 28.8 Å². The SMILES string of the molecule is Cc1cccc(CN(C)S(=O)(=O)c2csc(CO)c2)n1. The van der Waals surface area contributed by atoms with Crippen LogP contribution in [-0.2, 0) is 23.2 Å². The van der Waals surface area contributed by atoms with E-state index in [0.29, 0.717) is 10.6 Å². The van der Waals surface area contributed by atoms with Crippen LogP contribution in [-0.4, -0.2) is 29.9 Å². The van der Waals surface area contributed by atoms with Crippen LogP contribution in [0.1, 0.15) is 16.3 Å². The Labute approximate surface area is 122 Å². The lowest BCUT2D eigenvalue weighted by molar-refractivity contribution is 0.285. The highest BCUT2D eigenvalue weighted by Gasteiger charge is 2.22. The molecule has 0 radical (unpaired) electrons. The molecule has 0 aromatic carbocycles. The quantitative estimate of drug-likeness (QED) is 0.913. The number of thiophene rings is 1. The van der Waals surface area contributed by atoms with Crippen LogP contribution in [0.25, 0.3) is 0 Å². The van der Waals surface area contributed by atoms with Crippen molar-refractivity contribution in [2.45, 2.75) is 25.0 Å². The number of aliphatic hydroxyl groups is 1. The van der Waals surface area contributed by atoms with Gasteiger partial charge in [-0.1, -0.05) is 6.07 Å². The Bertz CT molecular complexity index is 695. The van der Waals surface area contributed by atoms with E-state index in [0.717, 1.165) is 5.69 Å². The lowest BCUT2D eigenvalue weighted by atomic mass is 10.3. The van der Waals surface area contributed by atoms with Gasteiger partial charge in [0, 0.05) is 23.0 Å². The molecule has 0 aliphatic heterocycles. The normalized spacial score (nSPS) is 12.0. The maximum Gasteiger partial charge on any atom is 0.244 e. The van der Waals surface area contributed by atoms with E-state index in [4.69, 9.17) is 5.11 Å². The summed E-state index contributed by atoms with van der Waals surface area (Å²) in [5.41, 5.74) is 1.56. The molecule has 0 atom stereocenters. The monoisotopic (exact) mass is 312 g/mol. The van der Waals surface area contributed by atoms with Crippen molar-refractivity contribution < 1.29 is 13.5 Å². The first-order valence-electron chi connectivity index (χ1n) is 6.00. The van der Waals surface area contributed by atoms with Gasteiger partial charge < -0.3 is 5.11 Å². The minimum Gasteiger partial charge on any atom is -0.391 e. The molecule has 1 N–H and O–H groups in total. The Balaban J connectivity index is 2.21. The smallest absolute Gasteiger partial charge is 0.244 e. The van der Waals surface area contributed by atoms with Gasteiger partial charge in [0.2, 0.25) is 10.0 Å². The van der Waals surface area contributed by atoms with Crippen LogP contribution >= 0.6 is 11.3 Å². The van der Waals surface area contributed by atoms with E-state index >= 15 is 0 Å². The Kier molecular flexibility index (Phi) is 4.54. The molecule has 0 unspecified atom stereocenters. The van der Waals surface area contributed by atoms with E-state index in [9.17, 15) is 8.42 Å². The molecule has 20 heavy (non-hydrogen) atoms.